The van der Waals surface area contributed by atoms with Gasteiger partial charge in [-0.15, -0.1) is 0 Å². The van der Waals surface area contributed by atoms with Gasteiger partial charge in [-0.1, -0.05) is 39.5 Å². The first-order valence-corrected chi connectivity index (χ1v) is 10.1. The van der Waals surface area contributed by atoms with Gasteiger partial charge in [-0.05, 0) is 83.6 Å². The third kappa shape index (κ3) is 2.83. The molecule has 0 heterocycles. The van der Waals surface area contributed by atoms with E-state index in [-0.39, 0.29) is 23.2 Å². The van der Waals surface area contributed by atoms with Crippen molar-refractivity contribution in [2.75, 3.05) is 0 Å². The smallest absolute Gasteiger partial charge is 0.331 e. The molecule has 0 aliphatic heterocycles. The number of hydrogen-bond acceptors (Lipinski definition) is 3. The van der Waals surface area contributed by atoms with Crippen molar-refractivity contribution in [3.63, 3.8) is 0 Å². The molecule has 3 aliphatic rings. The lowest BCUT2D eigenvalue weighted by molar-refractivity contribution is -0.144. The van der Waals surface area contributed by atoms with E-state index in [1.54, 1.807) is 30.3 Å². The number of ether oxygens (including phenoxy) is 1. The lowest BCUT2D eigenvalue weighted by Crippen LogP contribution is -2.38. The fourth-order valence-corrected chi connectivity index (χ4v) is 6.46. The number of phenols is 1. The number of phenolic OH excluding ortho intramolecular Hbond substituents is 1. The van der Waals surface area contributed by atoms with E-state index in [2.05, 4.69) is 27.4 Å². The highest BCUT2D eigenvalue weighted by atomic mass is 16.5. The van der Waals surface area contributed by atoms with Crippen LogP contribution in [0.1, 0.15) is 52.0 Å². The van der Waals surface area contributed by atoms with E-state index in [0.29, 0.717) is 23.2 Å². The number of fused-ring (bicyclic) bond motifs is 1. The summed E-state index contributed by atoms with van der Waals surface area (Å²) in [5.41, 5.74) is 2.52. The van der Waals surface area contributed by atoms with E-state index in [4.69, 9.17) is 4.74 Å². The molecule has 0 saturated heterocycles. The average molecular weight is 367 g/mol. The van der Waals surface area contributed by atoms with Gasteiger partial charge in [0.05, 0.1) is 0 Å². The van der Waals surface area contributed by atoms with E-state index in [0.717, 1.165) is 17.6 Å². The quantitative estimate of drug-likeness (QED) is 0.445. The average Bonchev–Trinajstić information content (AvgIpc) is 3.03. The minimum atomic E-state index is -0.313. The van der Waals surface area contributed by atoms with Crippen LogP contribution < -0.4 is 0 Å². The summed E-state index contributed by atoms with van der Waals surface area (Å²) in [6.07, 6.45) is 7.75. The first-order chi connectivity index (χ1) is 12.7. The molecule has 2 bridgehead atoms. The third-order valence-electron chi connectivity index (χ3n) is 7.93. The molecule has 27 heavy (non-hydrogen) atoms. The standard InChI is InChI=1S/C24H30O3/c1-15-5-11-21-23(3,4)19-13-24(15,21)14-20(16(19)2)27-22(26)12-8-17-6-9-18(25)10-7-17/h6-10,12,15,19-21,25H,2,5,11,13-14H2,1,3-4H3/b12-8+/t15-,19?,20?,21+,24?/m1/s1. The molecule has 1 aromatic rings. The fourth-order valence-electron chi connectivity index (χ4n) is 6.46. The predicted molar refractivity (Wildman–Crippen MR) is 107 cm³/mol. The molecule has 5 atom stereocenters. The van der Waals surface area contributed by atoms with Crippen LogP contribution in [0.3, 0.4) is 0 Å². The SMILES string of the molecule is C=C1C(OC(=O)/C=C/c2ccc(O)cc2)CC23CC1C(C)(C)[C@@H]2CC[C@H]3C. The summed E-state index contributed by atoms with van der Waals surface area (Å²) in [7, 11) is 0. The fraction of sp³-hybridized carbons (Fsp3) is 0.542. The summed E-state index contributed by atoms with van der Waals surface area (Å²) < 4.78 is 5.90. The van der Waals surface area contributed by atoms with Gasteiger partial charge < -0.3 is 9.84 Å². The number of carbonyl (C=O) groups excluding carboxylic acids is 1. The van der Waals surface area contributed by atoms with Gasteiger partial charge in [-0.3, -0.25) is 0 Å². The third-order valence-corrected chi connectivity index (χ3v) is 7.93. The summed E-state index contributed by atoms with van der Waals surface area (Å²) in [5, 5.41) is 9.35. The zero-order valence-corrected chi connectivity index (χ0v) is 16.6. The van der Waals surface area contributed by atoms with E-state index in [1.165, 1.54) is 25.3 Å². The number of aromatic hydroxyl groups is 1. The minimum absolute atomic E-state index is 0.175. The first kappa shape index (κ1) is 18.3. The summed E-state index contributed by atoms with van der Waals surface area (Å²) in [6, 6.07) is 6.75. The van der Waals surface area contributed by atoms with E-state index in [1.807, 2.05) is 0 Å². The largest absolute Gasteiger partial charge is 0.508 e. The van der Waals surface area contributed by atoms with E-state index >= 15 is 0 Å². The maximum absolute atomic E-state index is 12.5. The molecule has 1 spiro atoms. The molecule has 0 aromatic heterocycles. The van der Waals surface area contributed by atoms with Crippen LogP contribution in [0.25, 0.3) is 6.08 Å². The zero-order valence-electron chi connectivity index (χ0n) is 16.6. The van der Waals surface area contributed by atoms with Crippen LogP contribution in [-0.4, -0.2) is 17.2 Å². The molecular weight excluding hydrogens is 336 g/mol. The molecule has 3 heteroatoms. The van der Waals surface area contributed by atoms with Crippen LogP contribution >= 0.6 is 0 Å². The number of carbonyl (C=O) groups is 1. The van der Waals surface area contributed by atoms with Gasteiger partial charge in [0.25, 0.3) is 0 Å². The topological polar surface area (TPSA) is 46.5 Å². The zero-order chi connectivity index (χ0) is 19.4. The Kier molecular flexibility index (Phi) is 4.25. The van der Waals surface area contributed by atoms with Gasteiger partial charge in [-0.2, -0.15) is 0 Å². The molecule has 3 aliphatic carbocycles. The maximum atomic E-state index is 12.5. The highest BCUT2D eigenvalue weighted by Gasteiger charge is 2.66. The molecule has 144 valence electrons. The molecule has 3 nitrogen and oxygen atoms in total. The van der Waals surface area contributed by atoms with Gasteiger partial charge in [-0.25, -0.2) is 4.79 Å². The molecule has 1 N–H and O–H groups in total. The normalized spacial score (nSPS) is 36.8. The highest BCUT2D eigenvalue weighted by Crippen LogP contribution is 2.72. The summed E-state index contributed by atoms with van der Waals surface area (Å²) >= 11 is 0. The van der Waals surface area contributed by atoms with Gasteiger partial charge in [0.1, 0.15) is 11.9 Å². The Bertz CT molecular complexity index is 788. The Morgan fingerprint density at radius 3 is 2.63 bits per heavy atom. The predicted octanol–water partition coefficient (Wildman–Crippen LogP) is 5.36. The molecule has 3 saturated carbocycles. The van der Waals surface area contributed by atoms with Crippen LogP contribution in [0.4, 0.5) is 0 Å². The van der Waals surface area contributed by atoms with Crippen molar-refractivity contribution < 1.29 is 14.6 Å². The highest BCUT2D eigenvalue weighted by molar-refractivity contribution is 5.87. The van der Waals surface area contributed by atoms with Gasteiger partial charge in [0.15, 0.2) is 0 Å². The molecule has 3 unspecified atom stereocenters. The van der Waals surface area contributed by atoms with Crippen LogP contribution in [0.2, 0.25) is 0 Å². The molecule has 1 aromatic carbocycles. The Morgan fingerprint density at radius 1 is 1.22 bits per heavy atom. The molecule has 3 fully saturated rings. The Balaban J connectivity index is 1.50. The van der Waals surface area contributed by atoms with Crippen LogP contribution in [0.5, 0.6) is 5.75 Å². The Morgan fingerprint density at radius 2 is 1.93 bits per heavy atom. The Hall–Kier alpha value is -2.03. The number of hydrogen-bond donors (Lipinski definition) is 1. The van der Waals surface area contributed by atoms with Crippen LogP contribution in [0, 0.1) is 28.6 Å². The van der Waals surface area contributed by atoms with Crippen LogP contribution in [0.15, 0.2) is 42.5 Å². The van der Waals surface area contributed by atoms with Crippen molar-refractivity contribution in [1.82, 2.24) is 0 Å². The van der Waals surface area contributed by atoms with Crippen molar-refractivity contribution in [3.05, 3.63) is 48.1 Å². The lowest BCUT2D eigenvalue weighted by Gasteiger charge is -2.41. The van der Waals surface area contributed by atoms with Crippen molar-refractivity contribution in [2.45, 2.75) is 52.6 Å². The van der Waals surface area contributed by atoms with Crippen LogP contribution in [-0.2, 0) is 9.53 Å². The van der Waals surface area contributed by atoms with Crippen molar-refractivity contribution in [1.29, 1.82) is 0 Å². The summed E-state index contributed by atoms with van der Waals surface area (Å²) in [4.78, 5) is 12.5. The minimum Gasteiger partial charge on any atom is -0.508 e. The summed E-state index contributed by atoms with van der Waals surface area (Å²) in [5.74, 6) is 1.74. The second-order valence-corrected chi connectivity index (χ2v) is 9.47. The Labute approximate surface area is 162 Å². The van der Waals surface area contributed by atoms with Crippen molar-refractivity contribution in [3.8, 4) is 5.75 Å². The molecule has 4 rings (SSSR count). The second-order valence-electron chi connectivity index (χ2n) is 9.47. The molecular formula is C24H30O3. The molecule has 0 radical (unpaired) electrons. The van der Waals surface area contributed by atoms with Gasteiger partial charge >= 0.3 is 5.97 Å². The van der Waals surface area contributed by atoms with Crippen molar-refractivity contribution >= 4 is 12.0 Å². The first-order valence-electron chi connectivity index (χ1n) is 10.1. The monoisotopic (exact) mass is 366 g/mol. The second kappa shape index (κ2) is 6.25. The van der Waals surface area contributed by atoms with Crippen molar-refractivity contribution in [2.24, 2.45) is 28.6 Å². The van der Waals surface area contributed by atoms with Gasteiger partial charge in [0, 0.05) is 6.08 Å². The summed E-state index contributed by atoms with van der Waals surface area (Å²) in [6.45, 7) is 11.5. The lowest BCUT2D eigenvalue weighted by atomic mass is 9.66. The van der Waals surface area contributed by atoms with E-state index < -0.39 is 0 Å². The maximum Gasteiger partial charge on any atom is 0.331 e. The van der Waals surface area contributed by atoms with E-state index in [9.17, 15) is 9.90 Å². The number of esters is 1. The number of rotatable bonds is 3. The number of benzene rings is 1. The molecule has 0 amide bonds. The van der Waals surface area contributed by atoms with Gasteiger partial charge in [0.2, 0.25) is 0 Å².